The van der Waals surface area contributed by atoms with Crippen molar-refractivity contribution in [2.75, 3.05) is 13.1 Å². The van der Waals surface area contributed by atoms with E-state index in [1.165, 1.54) is 29.2 Å². The van der Waals surface area contributed by atoms with Gasteiger partial charge >= 0.3 is 6.18 Å². The summed E-state index contributed by atoms with van der Waals surface area (Å²) in [6, 6.07) is 6.35. The fourth-order valence-electron chi connectivity index (χ4n) is 2.25. The molecule has 0 saturated carbocycles. The monoisotopic (exact) mass is 386 g/mol. The van der Waals surface area contributed by atoms with Crippen LogP contribution in [0.1, 0.15) is 18.2 Å². The minimum absolute atomic E-state index is 0.166. The van der Waals surface area contributed by atoms with E-state index in [0.29, 0.717) is 5.56 Å². The molecule has 1 aromatic carbocycles. The Labute approximate surface area is 152 Å². The van der Waals surface area contributed by atoms with E-state index in [2.05, 4.69) is 10.4 Å². The number of amides is 2. The number of carbonyl (C=O) groups excluding carboxylic acids is 2. The lowest BCUT2D eigenvalue weighted by Gasteiger charge is -2.20. The molecule has 0 unspecified atom stereocenters. The van der Waals surface area contributed by atoms with Crippen molar-refractivity contribution < 1.29 is 27.2 Å². The maximum Gasteiger partial charge on any atom is 0.435 e. The van der Waals surface area contributed by atoms with Crippen LogP contribution in [0.15, 0.2) is 36.5 Å². The lowest BCUT2D eigenvalue weighted by molar-refractivity contribution is -0.142. The lowest BCUT2D eigenvalue weighted by Crippen LogP contribution is -2.41. The normalized spacial score (nSPS) is 11.3. The summed E-state index contributed by atoms with van der Waals surface area (Å²) in [4.78, 5) is 25.4. The molecule has 10 heteroatoms. The minimum Gasteiger partial charge on any atom is -0.350 e. The second-order valence-corrected chi connectivity index (χ2v) is 5.71. The SMILES string of the molecule is CCN(CC(=O)NCc1ccc(F)cc1)C(=O)Cn1ccc(C(F)(F)F)n1. The number of likely N-dealkylation sites (N-methyl/N-ethyl adjacent to an activating group) is 1. The molecule has 0 saturated heterocycles. The summed E-state index contributed by atoms with van der Waals surface area (Å²) in [5.74, 6) is -1.36. The average molecular weight is 386 g/mol. The first-order chi connectivity index (χ1) is 12.7. The summed E-state index contributed by atoms with van der Waals surface area (Å²) in [5.41, 5.74) is -0.397. The summed E-state index contributed by atoms with van der Waals surface area (Å²) in [6.07, 6.45) is -3.53. The second kappa shape index (κ2) is 8.65. The summed E-state index contributed by atoms with van der Waals surface area (Å²) in [5, 5.41) is 5.91. The molecule has 0 bridgehead atoms. The number of nitrogens with zero attached hydrogens (tertiary/aromatic N) is 3. The third kappa shape index (κ3) is 6.08. The molecule has 0 atom stereocenters. The molecule has 0 radical (unpaired) electrons. The lowest BCUT2D eigenvalue weighted by atomic mass is 10.2. The molecule has 0 aliphatic heterocycles. The Morgan fingerprint density at radius 3 is 2.41 bits per heavy atom. The number of hydrogen-bond acceptors (Lipinski definition) is 3. The molecule has 6 nitrogen and oxygen atoms in total. The topological polar surface area (TPSA) is 67.2 Å². The fourth-order valence-corrected chi connectivity index (χ4v) is 2.25. The van der Waals surface area contributed by atoms with Crippen LogP contribution >= 0.6 is 0 Å². The average Bonchev–Trinajstić information content (AvgIpc) is 3.08. The maximum atomic E-state index is 12.8. The Kier molecular flexibility index (Phi) is 6.54. The van der Waals surface area contributed by atoms with Gasteiger partial charge in [0.05, 0.1) is 6.54 Å². The van der Waals surface area contributed by atoms with Crippen molar-refractivity contribution in [3.8, 4) is 0 Å². The van der Waals surface area contributed by atoms with Gasteiger partial charge in [-0.05, 0) is 30.7 Å². The molecular weight excluding hydrogens is 368 g/mol. The number of alkyl halides is 3. The zero-order chi connectivity index (χ0) is 20.0. The van der Waals surface area contributed by atoms with Crippen LogP contribution in [0.4, 0.5) is 17.6 Å². The number of hydrogen-bond donors (Lipinski definition) is 1. The van der Waals surface area contributed by atoms with Gasteiger partial charge in [-0.1, -0.05) is 12.1 Å². The van der Waals surface area contributed by atoms with E-state index in [0.717, 1.165) is 16.9 Å². The van der Waals surface area contributed by atoms with Crippen molar-refractivity contribution in [2.45, 2.75) is 26.2 Å². The molecule has 27 heavy (non-hydrogen) atoms. The Bertz CT molecular complexity index is 787. The van der Waals surface area contributed by atoms with Gasteiger partial charge in [0, 0.05) is 19.3 Å². The van der Waals surface area contributed by atoms with Crippen LogP contribution in [0.5, 0.6) is 0 Å². The van der Waals surface area contributed by atoms with E-state index in [-0.39, 0.29) is 25.5 Å². The van der Waals surface area contributed by atoms with E-state index >= 15 is 0 Å². The van der Waals surface area contributed by atoms with Crippen molar-refractivity contribution in [1.82, 2.24) is 20.0 Å². The van der Waals surface area contributed by atoms with Gasteiger partial charge in [0.1, 0.15) is 12.4 Å². The molecule has 146 valence electrons. The third-order valence-electron chi connectivity index (χ3n) is 3.70. The number of halogens is 4. The highest BCUT2D eigenvalue weighted by Crippen LogP contribution is 2.27. The van der Waals surface area contributed by atoms with Crippen LogP contribution < -0.4 is 5.32 Å². The highest BCUT2D eigenvalue weighted by molar-refractivity contribution is 5.84. The van der Waals surface area contributed by atoms with Gasteiger partial charge in [0.25, 0.3) is 0 Å². The molecule has 0 aliphatic carbocycles. The molecule has 2 rings (SSSR count). The van der Waals surface area contributed by atoms with Crippen LogP contribution in [-0.4, -0.2) is 39.6 Å². The van der Waals surface area contributed by atoms with Gasteiger partial charge in [-0.15, -0.1) is 0 Å². The molecule has 2 amide bonds. The zero-order valence-electron chi connectivity index (χ0n) is 14.5. The molecular formula is C17H18F4N4O2. The molecule has 2 aromatic rings. The van der Waals surface area contributed by atoms with E-state index < -0.39 is 30.2 Å². The van der Waals surface area contributed by atoms with E-state index in [1.54, 1.807) is 6.92 Å². The van der Waals surface area contributed by atoms with E-state index in [9.17, 15) is 27.2 Å². The fraction of sp³-hybridized carbons (Fsp3) is 0.353. The van der Waals surface area contributed by atoms with Gasteiger partial charge in [0.15, 0.2) is 5.69 Å². The van der Waals surface area contributed by atoms with Gasteiger partial charge in [0.2, 0.25) is 11.8 Å². The van der Waals surface area contributed by atoms with Crippen molar-refractivity contribution in [2.24, 2.45) is 0 Å². The first-order valence-electron chi connectivity index (χ1n) is 8.08. The van der Waals surface area contributed by atoms with Gasteiger partial charge in [-0.3, -0.25) is 14.3 Å². The number of benzene rings is 1. The Morgan fingerprint density at radius 1 is 1.19 bits per heavy atom. The standard InChI is InChI=1S/C17H18F4N4O2/c1-2-24(10-15(26)22-9-12-3-5-13(18)6-4-12)16(27)11-25-8-7-14(23-25)17(19,20)21/h3-8H,2,9-11H2,1H3,(H,22,26). The summed E-state index contributed by atoms with van der Waals surface area (Å²) >= 11 is 0. The maximum absolute atomic E-state index is 12.8. The second-order valence-electron chi connectivity index (χ2n) is 5.71. The molecule has 1 N–H and O–H groups in total. The summed E-state index contributed by atoms with van der Waals surface area (Å²) in [6.45, 7) is 1.36. The van der Waals surface area contributed by atoms with E-state index in [4.69, 9.17) is 0 Å². The molecule has 0 spiro atoms. The minimum atomic E-state index is -4.58. The number of rotatable bonds is 7. The Morgan fingerprint density at radius 2 is 1.85 bits per heavy atom. The molecule has 0 aliphatic rings. The highest BCUT2D eigenvalue weighted by atomic mass is 19.4. The van der Waals surface area contributed by atoms with Crippen LogP contribution in [0.25, 0.3) is 0 Å². The first-order valence-corrected chi connectivity index (χ1v) is 8.08. The largest absolute Gasteiger partial charge is 0.435 e. The number of carbonyl (C=O) groups is 2. The zero-order valence-corrected chi connectivity index (χ0v) is 14.5. The molecule has 1 aromatic heterocycles. The summed E-state index contributed by atoms with van der Waals surface area (Å²) in [7, 11) is 0. The van der Waals surface area contributed by atoms with Crippen molar-refractivity contribution in [3.63, 3.8) is 0 Å². The van der Waals surface area contributed by atoms with Crippen molar-refractivity contribution in [3.05, 3.63) is 53.6 Å². The molecule has 1 heterocycles. The van der Waals surface area contributed by atoms with Crippen molar-refractivity contribution in [1.29, 1.82) is 0 Å². The van der Waals surface area contributed by atoms with E-state index in [1.807, 2.05) is 0 Å². The third-order valence-corrected chi connectivity index (χ3v) is 3.70. The van der Waals surface area contributed by atoms with Gasteiger partial charge in [-0.2, -0.15) is 18.3 Å². The predicted octanol–water partition coefficient (Wildman–Crippen LogP) is 2.21. The van der Waals surface area contributed by atoms with Crippen LogP contribution in [0.3, 0.4) is 0 Å². The van der Waals surface area contributed by atoms with Crippen LogP contribution in [-0.2, 0) is 28.9 Å². The van der Waals surface area contributed by atoms with Gasteiger partial charge in [-0.25, -0.2) is 4.39 Å². The smallest absolute Gasteiger partial charge is 0.350 e. The first kappa shape index (κ1) is 20.4. The van der Waals surface area contributed by atoms with Crippen LogP contribution in [0.2, 0.25) is 0 Å². The number of nitrogens with one attached hydrogen (secondary N) is 1. The summed E-state index contributed by atoms with van der Waals surface area (Å²) < 4.78 is 51.3. The van der Waals surface area contributed by atoms with Crippen molar-refractivity contribution >= 4 is 11.8 Å². The molecule has 0 fully saturated rings. The van der Waals surface area contributed by atoms with Crippen LogP contribution in [0, 0.1) is 5.82 Å². The Hall–Kier alpha value is -2.91. The van der Waals surface area contributed by atoms with Gasteiger partial charge < -0.3 is 10.2 Å². The highest BCUT2D eigenvalue weighted by Gasteiger charge is 2.33. The predicted molar refractivity (Wildman–Crippen MR) is 87.7 cm³/mol. The Balaban J connectivity index is 1.87. The quantitative estimate of drug-likeness (QED) is 0.742. The number of aromatic nitrogens is 2.